The minimum atomic E-state index is -1.49. The molecule has 1 fully saturated rings. The Labute approximate surface area is 69.8 Å². The number of ether oxygens (including phenoxy) is 1. The normalized spacial score (nSPS) is 25.3. The number of hydrogen-bond acceptors (Lipinski definition) is 2. The van der Waals surface area contributed by atoms with Gasteiger partial charge in [0, 0.05) is 12.5 Å². The molecule has 12 heavy (non-hydrogen) atoms. The Hall–Kier alpha value is -0.900. The second kappa shape index (κ2) is 3.67. The summed E-state index contributed by atoms with van der Waals surface area (Å²) in [5.74, 6) is -2.58. The van der Waals surface area contributed by atoms with Crippen molar-refractivity contribution in [3.05, 3.63) is 11.4 Å². The summed E-state index contributed by atoms with van der Waals surface area (Å²) >= 11 is 0. The molecule has 0 spiro atoms. The lowest BCUT2D eigenvalue weighted by Gasteiger charge is -2.07. The highest BCUT2D eigenvalue weighted by Gasteiger charge is 2.22. The predicted octanol–water partition coefficient (Wildman–Crippen LogP) is 1.35. The predicted molar refractivity (Wildman–Crippen MR) is 40.4 cm³/mol. The molecule has 0 amide bonds. The van der Waals surface area contributed by atoms with Crippen LogP contribution in [0.3, 0.4) is 0 Å². The third-order valence-electron chi connectivity index (χ3n) is 2.08. The van der Waals surface area contributed by atoms with Gasteiger partial charge in [-0.1, -0.05) is 0 Å². The number of aliphatic carboxylic acids is 1. The highest BCUT2D eigenvalue weighted by atomic mass is 19.1. The van der Waals surface area contributed by atoms with E-state index in [-0.39, 0.29) is 5.92 Å². The number of rotatable bonds is 2. The lowest BCUT2D eigenvalue weighted by molar-refractivity contribution is -0.134. The number of carboxylic acid groups (broad SMARTS) is 1. The Morgan fingerprint density at radius 1 is 1.67 bits per heavy atom. The molecule has 1 N–H and O–H groups in total. The third kappa shape index (κ3) is 1.82. The van der Waals surface area contributed by atoms with E-state index in [0.29, 0.717) is 25.2 Å². The van der Waals surface area contributed by atoms with E-state index in [4.69, 9.17) is 9.84 Å². The van der Waals surface area contributed by atoms with Gasteiger partial charge >= 0.3 is 5.97 Å². The van der Waals surface area contributed by atoms with Gasteiger partial charge in [0.25, 0.3) is 0 Å². The number of hydrogen-bond donors (Lipinski definition) is 1. The minimum absolute atomic E-state index is 0.0545. The van der Waals surface area contributed by atoms with E-state index in [2.05, 4.69) is 0 Å². The van der Waals surface area contributed by atoms with Crippen LogP contribution in [0.4, 0.5) is 4.39 Å². The molecule has 68 valence electrons. The largest absolute Gasteiger partial charge is 0.476 e. The average Bonchev–Trinajstić information content (AvgIpc) is 2.53. The molecule has 0 bridgehead atoms. The van der Waals surface area contributed by atoms with Crippen LogP contribution in [0.1, 0.15) is 13.3 Å². The Bertz CT molecular complexity index is 216. The summed E-state index contributed by atoms with van der Waals surface area (Å²) in [6.45, 7) is 2.53. The van der Waals surface area contributed by atoms with Crippen LogP contribution >= 0.6 is 0 Å². The van der Waals surface area contributed by atoms with Crippen molar-refractivity contribution in [1.29, 1.82) is 0 Å². The maximum Gasteiger partial charge on any atom is 0.364 e. The molecule has 1 atom stereocenters. The summed E-state index contributed by atoms with van der Waals surface area (Å²) in [5.41, 5.74) is 0.292. The highest BCUT2D eigenvalue weighted by molar-refractivity contribution is 5.84. The molecule has 1 aliphatic rings. The molecule has 0 aromatic heterocycles. The standard InChI is InChI=1S/C8H11FO3/c1-5(7(9)8(10)11)6-2-3-12-4-6/h6H,2-4H2,1H3,(H,10,11)/b7-5-. The van der Waals surface area contributed by atoms with Gasteiger partial charge in [-0.2, -0.15) is 4.39 Å². The zero-order chi connectivity index (χ0) is 9.14. The fourth-order valence-corrected chi connectivity index (χ4v) is 1.22. The van der Waals surface area contributed by atoms with Crippen molar-refractivity contribution in [2.45, 2.75) is 13.3 Å². The van der Waals surface area contributed by atoms with Crippen molar-refractivity contribution in [3.8, 4) is 0 Å². The van der Waals surface area contributed by atoms with Crippen LogP contribution < -0.4 is 0 Å². The smallest absolute Gasteiger partial charge is 0.364 e. The maximum absolute atomic E-state index is 12.8. The van der Waals surface area contributed by atoms with Gasteiger partial charge in [-0.15, -0.1) is 0 Å². The third-order valence-corrected chi connectivity index (χ3v) is 2.08. The van der Waals surface area contributed by atoms with E-state index in [9.17, 15) is 9.18 Å². The Morgan fingerprint density at radius 3 is 2.75 bits per heavy atom. The lowest BCUT2D eigenvalue weighted by Crippen LogP contribution is -2.07. The molecular weight excluding hydrogens is 163 g/mol. The van der Waals surface area contributed by atoms with E-state index < -0.39 is 11.8 Å². The SMILES string of the molecule is C/C(=C(/F)C(=O)O)C1CCOC1. The van der Waals surface area contributed by atoms with Crippen molar-refractivity contribution in [2.24, 2.45) is 5.92 Å². The first-order valence-corrected chi connectivity index (χ1v) is 3.80. The van der Waals surface area contributed by atoms with Gasteiger partial charge in [-0.25, -0.2) is 4.79 Å². The molecule has 0 radical (unpaired) electrons. The van der Waals surface area contributed by atoms with Crippen molar-refractivity contribution in [1.82, 2.24) is 0 Å². The first-order valence-electron chi connectivity index (χ1n) is 3.80. The molecule has 0 aliphatic carbocycles. The first-order chi connectivity index (χ1) is 5.63. The van der Waals surface area contributed by atoms with E-state index in [1.807, 2.05) is 0 Å². The number of carbonyl (C=O) groups is 1. The molecule has 1 aliphatic heterocycles. The van der Waals surface area contributed by atoms with Gasteiger partial charge in [-0.3, -0.25) is 0 Å². The fraction of sp³-hybridized carbons (Fsp3) is 0.625. The van der Waals surface area contributed by atoms with E-state index in [1.165, 1.54) is 6.92 Å². The number of halogens is 1. The summed E-state index contributed by atoms with van der Waals surface area (Å²) in [7, 11) is 0. The van der Waals surface area contributed by atoms with Gasteiger partial charge in [0.1, 0.15) is 0 Å². The van der Waals surface area contributed by atoms with Crippen molar-refractivity contribution < 1.29 is 19.0 Å². The van der Waals surface area contributed by atoms with E-state index >= 15 is 0 Å². The Kier molecular flexibility index (Phi) is 2.81. The molecule has 0 saturated carbocycles. The van der Waals surface area contributed by atoms with Crippen LogP contribution in [-0.4, -0.2) is 24.3 Å². The Morgan fingerprint density at radius 2 is 2.33 bits per heavy atom. The van der Waals surface area contributed by atoms with Crippen LogP contribution in [-0.2, 0) is 9.53 Å². The molecule has 1 rings (SSSR count). The summed E-state index contributed by atoms with van der Waals surface area (Å²) in [4.78, 5) is 10.2. The fourth-order valence-electron chi connectivity index (χ4n) is 1.22. The Balaban J connectivity index is 2.72. The van der Waals surface area contributed by atoms with Crippen LogP contribution in [0.5, 0.6) is 0 Å². The van der Waals surface area contributed by atoms with Crippen LogP contribution in [0.15, 0.2) is 11.4 Å². The molecule has 4 heteroatoms. The highest BCUT2D eigenvalue weighted by Crippen LogP contribution is 2.24. The van der Waals surface area contributed by atoms with Gasteiger partial charge in [0.2, 0.25) is 5.83 Å². The lowest BCUT2D eigenvalue weighted by atomic mass is 9.99. The van der Waals surface area contributed by atoms with Crippen molar-refractivity contribution >= 4 is 5.97 Å². The quantitative estimate of drug-likeness (QED) is 0.643. The molecule has 0 aromatic carbocycles. The minimum Gasteiger partial charge on any atom is -0.476 e. The molecular formula is C8H11FO3. The van der Waals surface area contributed by atoms with Crippen molar-refractivity contribution in [2.75, 3.05) is 13.2 Å². The average molecular weight is 174 g/mol. The topological polar surface area (TPSA) is 46.5 Å². The summed E-state index contributed by atoms with van der Waals surface area (Å²) < 4.78 is 17.8. The molecule has 3 nitrogen and oxygen atoms in total. The summed E-state index contributed by atoms with van der Waals surface area (Å²) in [6, 6.07) is 0. The summed E-state index contributed by atoms with van der Waals surface area (Å²) in [6.07, 6.45) is 0.715. The van der Waals surface area contributed by atoms with Gasteiger partial charge in [0.15, 0.2) is 0 Å². The molecule has 1 saturated heterocycles. The maximum atomic E-state index is 12.8. The monoisotopic (exact) mass is 174 g/mol. The second-order valence-electron chi connectivity index (χ2n) is 2.86. The van der Waals surface area contributed by atoms with Crippen LogP contribution in [0, 0.1) is 5.92 Å². The van der Waals surface area contributed by atoms with Gasteiger partial charge < -0.3 is 9.84 Å². The van der Waals surface area contributed by atoms with E-state index in [1.54, 1.807) is 0 Å². The number of carboxylic acids is 1. The molecule has 0 aromatic rings. The van der Waals surface area contributed by atoms with Crippen LogP contribution in [0.25, 0.3) is 0 Å². The summed E-state index contributed by atoms with van der Waals surface area (Å²) in [5, 5.41) is 8.34. The van der Waals surface area contributed by atoms with Gasteiger partial charge in [0.05, 0.1) is 6.61 Å². The molecule has 1 unspecified atom stereocenters. The molecule has 1 heterocycles. The van der Waals surface area contributed by atoms with Gasteiger partial charge in [-0.05, 0) is 18.9 Å². The van der Waals surface area contributed by atoms with Crippen molar-refractivity contribution in [3.63, 3.8) is 0 Å². The van der Waals surface area contributed by atoms with E-state index in [0.717, 1.165) is 0 Å². The second-order valence-corrected chi connectivity index (χ2v) is 2.86. The van der Waals surface area contributed by atoms with Crippen LogP contribution in [0.2, 0.25) is 0 Å². The zero-order valence-electron chi connectivity index (χ0n) is 6.84. The zero-order valence-corrected chi connectivity index (χ0v) is 6.84. The first kappa shape index (κ1) is 9.19.